The molecular formula is C14H20N+. The Morgan fingerprint density at radius 1 is 1.00 bits per heavy atom. The zero-order valence-corrected chi connectivity index (χ0v) is 10.1. The highest BCUT2D eigenvalue weighted by atomic mass is 15.0. The van der Waals surface area contributed by atoms with Crippen molar-refractivity contribution in [3.63, 3.8) is 0 Å². The largest absolute Gasteiger partial charge is 0.212 e. The molecule has 0 atom stereocenters. The summed E-state index contributed by atoms with van der Waals surface area (Å²) in [7, 11) is 0. The lowest BCUT2D eigenvalue weighted by atomic mass is 10.2. The van der Waals surface area contributed by atoms with Crippen molar-refractivity contribution in [3.05, 3.63) is 42.1 Å². The molecule has 0 aliphatic heterocycles. The van der Waals surface area contributed by atoms with Gasteiger partial charge < -0.3 is 0 Å². The Labute approximate surface area is 92.4 Å². The molecule has 0 saturated heterocycles. The first-order valence-electron chi connectivity index (χ1n) is 5.71. The Morgan fingerprint density at radius 2 is 1.67 bits per heavy atom. The van der Waals surface area contributed by atoms with Crippen molar-refractivity contribution in [1.29, 1.82) is 0 Å². The van der Waals surface area contributed by atoms with Gasteiger partial charge in [-0.3, -0.25) is 0 Å². The van der Waals surface area contributed by atoms with Crippen molar-refractivity contribution < 1.29 is 4.57 Å². The fraction of sp³-hybridized carbons (Fsp3) is 0.357. The summed E-state index contributed by atoms with van der Waals surface area (Å²) in [6.07, 6.45) is 0. The molecule has 0 saturated carbocycles. The highest BCUT2D eigenvalue weighted by Gasteiger charge is 2.08. The van der Waals surface area contributed by atoms with Crippen LogP contribution in [-0.2, 0) is 6.54 Å². The summed E-state index contributed by atoms with van der Waals surface area (Å²) in [5.74, 6) is 0. The average Bonchev–Trinajstić information content (AvgIpc) is 2.32. The van der Waals surface area contributed by atoms with Gasteiger partial charge in [0.1, 0.15) is 6.54 Å². The van der Waals surface area contributed by atoms with Crippen LogP contribution in [0.25, 0.3) is 10.9 Å². The number of aromatic nitrogens is 1. The van der Waals surface area contributed by atoms with Gasteiger partial charge in [-0.1, -0.05) is 26.0 Å². The van der Waals surface area contributed by atoms with Gasteiger partial charge in [0.05, 0.1) is 0 Å². The summed E-state index contributed by atoms with van der Waals surface area (Å²) < 4.78 is 2.33. The minimum atomic E-state index is 1.03. The van der Waals surface area contributed by atoms with Crippen LogP contribution in [0.5, 0.6) is 0 Å². The molecule has 0 bridgehead atoms. The van der Waals surface area contributed by atoms with Crippen molar-refractivity contribution >= 4 is 10.9 Å². The molecule has 1 heterocycles. The molecule has 0 fully saturated rings. The Bertz CT molecular complexity index is 432. The lowest BCUT2D eigenvalue weighted by Crippen LogP contribution is -2.36. The van der Waals surface area contributed by atoms with Gasteiger partial charge in [-0.05, 0) is 19.1 Å². The monoisotopic (exact) mass is 202 g/mol. The Balaban J connectivity index is 0.000000531. The van der Waals surface area contributed by atoms with E-state index in [9.17, 15) is 0 Å². The van der Waals surface area contributed by atoms with Gasteiger partial charge in [-0.2, -0.15) is 4.57 Å². The topological polar surface area (TPSA) is 3.88 Å². The SMILES string of the molecule is CC.CC[n+]1c(C)ccc2ccccc21. The van der Waals surface area contributed by atoms with Crippen LogP contribution < -0.4 is 4.57 Å². The number of hydrogen-bond acceptors (Lipinski definition) is 0. The molecule has 2 aromatic rings. The second-order valence-corrected chi connectivity index (χ2v) is 3.28. The second-order valence-electron chi connectivity index (χ2n) is 3.28. The van der Waals surface area contributed by atoms with Gasteiger partial charge in [-0.25, -0.2) is 0 Å². The van der Waals surface area contributed by atoms with Crippen LogP contribution in [-0.4, -0.2) is 0 Å². The summed E-state index contributed by atoms with van der Waals surface area (Å²) in [5, 5.41) is 1.31. The van der Waals surface area contributed by atoms with E-state index in [1.165, 1.54) is 16.6 Å². The molecule has 1 aromatic carbocycles. The Hall–Kier alpha value is -1.37. The summed E-state index contributed by atoms with van der Waals surface area (Å²) in [4.78, 5) is 0. The molecule has 0 radical (unpaired) electrons. The van der Waals surface area contributed by atoms with E-state index in [4.69, 9.17) is 0 Å². The molecule has 0 unspecified atom stereocenters. The maximum absolute atomic E-state index is 2.33. The van der Waals surface area contributed by atoms with Crippen LogP contribution in [0.15, 0.2) is 36.4 Å². The van der Waals surface area contributed by atoms with Crippen molar-refractivity contribution in [2.24, 2.45) is 0 Å². The van der Waals surface area contributed by atoms with Gasteiger partial charge >= 0.3 is 0 Å². The number of nitrogens with zero attached hydrogens (tertiary/aromatic N) is 1. The van der Waals surface area contributed by atoms with E-state index in [1.807, 2.05) is 13.8 Å². The first kappa shape index (κ1) is 11.7. The third-order valence-corrected chi connectivity index (χ3v) is 2.47. The van der Waals surface area contributed by atoms with Crippen LogP contribution in [0.2, 0.25) is 0 Å². The third kappa shape index (κ3) is 2.35. The van der Waals surface area contributed by atoms with Crippen LogP contribution in [0.4, 0.5) is 0 Å². The molecule has 0 aliphatic rings. The number of aryl methyl sites for hydroxylation is 2. The van der Waals surface area contributed by atoms with E-state index < -0.39 is 0 Å². The minimum absolute atomic E-state index is 1.03. The summed E-state index contributed by atoms with van der Waals surface area (Å²) >= 11 is 0. The van der Waals surface area contributed by atoms with E-state index >= 15 is 0 Å². The lowest BCUT2D eigenvalue weighted by Gasteiger charge is -2.01. The maximum atomic E-state index is 2.33. The molecule has 0 aliphatic carbocycles. The first-order chi connectivity index (χ1) is 7.33. The van der Waals surface area contributed by atoms with Crippen LogP contribution in [0.3, 0.4) is 0 Å². The van der Waals surface area contributed by atoms with Crippen LogP contribution in [0.1, 0.15) is 26.5 Å². The van der Waals surface area contributed by atoms with E-state index in [0.717, 1.165) is 6.54 Å². The predicted octanol–water partition coefficient (Wildman–Crippen LogP) is 3.48. The van der Waals surface area contributed by atoms with Gasteiger partial charge in [-0.15, -0.1) is 0 Å². The highest BCUT2D eigenvalue weighted by Crippen LogP contribution is 2.09. The maximum Gasteiger partial charge on any atom is 0.212 e. The third-order valence-electron chi connectivity index (χ3n) is 2.47. The van der Waals surface area contributed by atoms with E-state index in [2.05, 4.69) is 54.8 Å². The average molecular weight is 202 g/mol. The molecule has 1 aromatic heterocycles. The molecule has 15 heavy (non-hydrogen) atoms. The van der Waals surface area contributed by atoms with Crippen molar-refractivity contribution in [2.75, 3.05) is 0 Å². The number of benzene rings is 1. The molecule has 0 amide bonds. The summed E-state index contributed by atoms with van der Waals surface area (Å²) in [6.45, 7) is 9.36. The lowest BCUT2D eigenvalue weighted by molar-refractivity contribution is -0.673. The van der Waals surface area contributed by atoms with Crippen molar-refractivity contribution in [1.82, 2.24) is 0 Å². The number of hydrogen-bond donors (Lipinski definition) is 0. The summed E-state index contributed by atoms with van der Waals surface area (Å²) in [6, 6.07) is 12.8. The second kappa shape index (κ2) is 5.50. The summed E-state index contributed by atoms with van der Waals surface area (Å²) in [5.41, 5.74) is 2.64. The predicted molar refractivity (Wildman–Crippen MR) is 65.9 cm³/mol. The molecular weight excluding hydrogens is 182 g/mol. The Kier molecular flexibility index (Phi) is 4.29. The molecule has 1 heteroatoms. The zero-order chi connectivity index (χ0) is 11.3. The highest BCUT2D eigenvalue weighted by molar-refractivity contribution is 5.75. The fourth-order valence-electron chi connectivity index (χ4n) is 1.78. The van der Waals surface area contributed by atoms with Crippen molar-refractivity contribution in [3.8, 4) is 0 Å². The normalized spacial score (nSPS) is 9.60. The van der Waals surface area contributed by atoms with E-state index in [0.29, 0.717) is 0 Å². The number of para-hydroxylation sites is 1. The standard InChI is InChI=1S/C12H14N.C2H6/c1-3-13-10(2)8-9-11-6-4-5-7-12(11)13;1-2/h4-9H,3H2,1-2H3;1-2H3/q+1;. The first-order valence-corrected chi connectivity index (χ1v) is 5.71. The fourth-order valence-corrected chi connectivity index (χ4v) is 1.78. The minimum Gasteiger partial charge on any atom is -0.196 e. The number of pyridine rings is 1. The van der Waals surface area contributed by atoms with E-state index in [1.54, 1.807) is 0 Å². The molecule has 0 spiro atoms. The zero-order valence-electron chi connectivity index (χ0n) is 10.1. The molecule has 0 N–H and O–H groups in total. The van der Waals surface area contributed by atoms with Gasteiger partial charge in [0, 0.05) is 24.4 Å². The quantitative estimate of drug-likeness (QED) is 0.623. The van der Waals surface area contributed by atoms with Gasteiger partial charge in [0.2, 0.25) is 5.52 Å². The number of fused-ring (bicyclic) bond motifs is 1. The molecule has 2 rings (SSSR count). The van der Waals surface area contributed by atoms with Gasteiger partial charge in [0.15, 0.2) is 5.69 Å². The van der Waals surface area contributed by atoms with E-state index in [-0.39, 0.29) is 0 Å². The number of rotatable bonds is 1. The van der Waals surface area contributed by atoms with Crippen LogP contribution >= 0.6 is 0 Å². The van der Waals surface area contributed by atoms with Gasteiger partial charge in [0.25, 0.3) is 0 Å². The van der Waals surface area contributed by atoms with Crippen molar-refractivity contribution in [2.45, 2.75) is 34.2 Å². The Morgan fingerprint density at radius 3 is 2.33 bits per heavy atom. The van der Waals surface area contributed by atoms with Crippen LogP contribution in [0, 0.1) is 6.92 Å². The smallest absolute Gasteiger partial charge is 0.196 e. The molecule has 80 valence electrons. The molecule has 1 nitrogen and oxygen atoms in total.